The summed E-state index contributed by atoms with van der Waals surface area (Å²) in [5.74, 6) is 2.20. The Labute approximate surface area is 86.1 Å². The molecule has 4 aliphatic rings. The van der Waals surface area contributed by atoms with Crippen LogP contribution < -0.4 is 5.32 Å². The van der Waals surface area contributed by atoms with Crippen molar-refractivity contribution in [3.8, 4) is 0 Å². The van der Waals surface area contributed by atoms with Crippen LogP contribution in [0.1, 0.15) is 32.1 Å². The van der Waals surface area contributed by atoms with E-state index >= 15 is 0 Å². The van der Waals surface area contributed by atoms with Crippen molar-refractivity contribution in [1.82, 2.24) is 5.32 Å². The predicted molar refractivity (Wildman–Crippen MR) is 55.9 cm³/mol. The van der Waals surface area contributed by atoms with Gasteiger partial charge in [0.2, 0.25) is 0 Å². The second kappa shape index (κ2) is 2.96. The van der Waals surface area contributed by atoms with E-state index in [0.717, 1.165) is 5.92 Å². The van der Waals surface area contributed by atoms with E-state index in [1.807, 2.05) is 0 Å². The second-order valence-corrected chi connectivity index (χ2v) is 5.99. The fourth-order valence-corrected chi connectivity index (χ4v) is 4.76. The molecule has 2 nitrogen and oxygen atoms in total. The molecule has 4 bridgehead atoms. The summed E-state index contributed by atoms with van der Waals surface area (Å²) in [6.45, 7) is 1.17. The number of nitrogens with one attached hydrogen (secondary N) is 1. The summed E-state index contributed by atoms with van der Waals surface area (Å²) < 4.78 is 0. The highest BCUT2D eigenvalue weighted by atomic mass is 16.3. The van der Waals surface area contributed by atoms with Crippen molar-refractivity contribution >= 4 is 0 Å². The van der Waals surface area contributed by atoms with Crippen molar-refractivity contribution in [1.29, 1.82) is 0 Å². The molecule has 2 heteroatoms. The number of hydrogen-bond acceptors (Lipinski definition) is 2. The molecule has 0 heterocycles. The van der Waals surface area contributed by atoms with E-state index in [2.05, 4.69) is 12.4 Å². The molecular weight excluding hydrogens is 174 g/mol. The lowest BCUT2D eigenvalue weighted by atomic mass is 9.48. The molecule has 0 saturated heterocycles. The molecule has 0 amide bonds. The molecule has 4 rings (SSSR count). The lowest BCUT2D eigenvalue weighted by Crippen LogP contribution is -2.56. The van der Waals surface area contributed by atoms with Gasteiger partial charge in [-0.1, -0.05) is 0 Å². The van der Waals surface area contributed by atoms with Crippen LogP contribution in [0.5, 0.6) is 0 Å². The van der Waals surface area contributed by atoms with Crippen LogP contribution in [0, 0.1) is 23.2 Å². The van der Waals surface area contributed by atoms with Gasteiger partial charge in [0.25, 0.3) is 0 Å². The Balaban J connectivity index is 1.85. The highest BCUT2D eigenvalue weighted by Crippen LogP contribution is 2.59. The Kier molecular flexibility index (Phi) is 1.94. The van der Waals surface area contributed by atoms with E-state index in [9.17, 15) is 5.11 Å². The summed E-state index contributed by atoms with van der Waals surface area (Å²) in [5, 5.41) is 13.4. The van der Waals surface area contributed by atoms with Crippen molar-refractivity contribution < 1.29 is 5.11 Å². The van der Waals surface area contributed by atoms with Gasteiger partial charge in [-0.15, -0.1) is 0 Å². The molecule has 5 atom stereocenters. The summed E-state index contributed by atoms with van der Waals surface area (Å²) in [4.78, 5) is 0. The van der Waals surface area contributed by atoms with Crippen molar-refractivity contribution in [3.05, 3.63) is 0 Å². The number of aliphatic hydroxyl groups is 1. The van der Waals surface area contributed by atoms with Crippen LogP contribution in [0.15, 0.2) is 0 Å². The molecular formula is C12H21NO. The van der Waals surface area contributed by atoms with Crippen molar-refractivity contribution in [2.24, 2.45) is 23.2 Å². The lowest BCUT2D eigenvalue weighted by molar-refractivity contribution is -0.132. The Bertz CT molecular complexity index is 224. The van der Waals surface area contributed by atoms with Gasteiger partial charge in [-0.05, 0) is 62.3 Å². The summed E-state index contributed by atoms with van der Waals surface area (Å²) in [5.41, 5.74) is 0.560. The zero-order valence-electron chi connectivity index (χ0n) is 9.00. The van der Waals surface area contributed by atoms with Crippen LogP contribution in [0.2, 0.25) is 0 Å². The van der Waals surface area contributed by atoms with Gasteiger partial charge in [-0.3, -0.25) is 0 Å². The highest BCUT2D eigenvalue weighted by molar-refractivity contribution is 5.05. The molecule has 4 fully saturated rings. The minimum absolute atomic E-state index is 0.0385. The fraction of sp³-hybridized carbons (Fsp3) is 1.00. The van der Waals surface area contributed by atoms with Crippen molar-refractivity contribution in [2.45, 2.75) is 38.2 Å². The maximum absolute atomic E-state index is 10.1. The summed E-state index contributed by atoms with van der Waals surface area (Å²) >= 11 is 0. The van der Waals surface area contributed by atoms with E-state index in [-0.39, 0.29) is 6.10 Å². The molecule has 0 aromatic heterocycles. The molecule has 0 aromatic carbocycles. The van der Waals surface area contributed by atoms with Gasteiger partial charge >= 0.3 is 0 Å². The third kappa shape index (κ3) is 1.17. The standard InChI is InChI=1S/C12H21NO/c1-13-7-12-4-8-2-9(5-12)11(14)10(3-8)6-12/h8-11,13-14H,2-7H2,1H3/t8?,9-,10+,11?,12?. The minimum atomic E-state index is 0.0385. The molecule has 4 aliphatic carbocycles. The average Bonchev–Trinajstić information content (AvgIpc) is 2.12. The molecule has 3 unspecified atom stereocenters. The van der Waals surface area contributed by atoms with Gasteiger partial charge in [0.1, 0.15) is 0 Å². The van der Waals surface area contributed by atoms with Crippen LogP contribution in [0.4, 0.5) is 0 Å². The molecule has 2 N–H and O–H groups in total. The van der Waals surface area contributed by atoms with Crippen LogP contribution >= 0.6 is 0 Å². The quantitative estimate of drug-likeness (QED) is 0.698. The maximum atomic E-state index is 10.1. The third-order valence-electron chi connectivity index (χ3n) is 4.90. The monoisotopic (exact) mass is 195 g/mol. The third-order valence-corrected chi connectivity index (χ3v) is 4.90. The maximum Gasteiger partial charge on any atom is 0.0597 e. The Morgan fingerprint density at radius 3 is 2.43 bits per heavy atom. The number of aliphatic hydroxyl groups excluding tert-OH is 1. The molecule has 0 aliphatic heterocycles. The molecule has 0 spiro atoms. The lowest BCUT2D eigenvalue weighted by Gasteiger charge is -2.59. The molecule has 4 saturated carbocycles. The first-order valence-corrected chi connectivity index (χ1v) is 6.05. The van der Waals surface area contributed by atoms with Crippen molar-refractivity contribution in [2.75, 3.05) is 13.6 Å². The first-order chi connectivity index (χ1) is 6.72. The molecule has 0 radical (unpaired) electrons. The Hall–Kier alpha value is -0.0800. The van der Waals surface area contributed by atoms with Gasteiger partial charge < -0.3 is 10.4 Å². The summed E-state index contributed by atoms with van der Waals surface area (Å²) in [6, 6.07) is 0. The zero-order valence-corrected chi connectivity index (χ0v) is 9.00. The first kappa shape index (κ1) is 9.17. The number of hydrogen-bond donors (Lipinski definition) is 2. The van der Waals surface area contributed by atoms with Gasteiger partial charge in [0, 0.05) is 6.54 Å². The smallest absolute Gasteiger partial charge is 0.0597 e. The van der Waals surface area contributed by atoms with Crippen LogP contribution in [-0.2, 0) is 0 Å². The SMILES string of the molecule is CNCC12CC3C[C@H](C1)C(O)[C@@H](C3)C2. The van der Waals surface area contributed by atoms with Gasteiger partial charge in [0.15, 0.2) is 0 Å². The Morgan fingerprint density at radius 2 is 1.86 bits per heavy atom. The molecule has 0 aromatic rings. The normalized spacial score (nSPS) is 55.3. The molecule has 80 valence electrons. The fourth-order valence-electron chi connectivity index (χ4n) is 4.76. The van der Waals surface area contributed by atoms with Crippen molar-refractivity contribution in [3.63, 3.8) is 0 Å². The average molecular weight is 195 g/mol. The van der Waals surface area contributed by atoms with Gasteiger partial charge in [-0.2, -0.15) is 0 Å². The topological polar surface area (TPSA) is 32.3 Å². The van der Waals surface area contributed by atoms with E-state index in [1.165, 1.54) is 38.6 Å². The highest BCUT2D eigenvalue weighted by Gasteiger charge is 2.54. The van der Waals surface area contributed by atoms with E-state index in [1.54, 1.807) is 0 Å². The van der Waals surface area contributed by atoms with Crippen LogP contribution in [-0.4, -0.2) is 24.8 Å². The van der Waals surface area contributed by atoms with Crippen LogP contribution in [0.3, 0.4) is 0 Å². The Morgan fingerprint density at radius 1 is 1.21 bits per heavy atom. The summed E-state index contributed by atoms with van der Waals surface area (Å²) in [7, 11) is 2.06. The minimum Gasteiger partial charge on any atom is -0.393 e. The summed E-state index contributed by atoms with van der Waals surface area (Å²) in [6.07, 6.45) is 6.64. The van der Waals surface area contributed by atoms with Gasteiger partial charge in [-0.25, -0.2) is 0 Å². The predicted octanol–water partition coefficient (Wildman–Crippen LogP) is 1.39. The largest absolute Gasteiger partial charge is 0.393 e. The first-order valence-electron chi connectivity index (χ1n) is 6.05. The number of rotatable bonds is 2. The van der Waals surface area contributed by atoms with E-state index < -0.39 is 0 Å². The van der Waals surface area contributed by atoms with Gasteiger partial charge in [0.05, 0.1) is 6.10 Å². The molecule has 14 heavy (non-hydrogen) atoms. The zero-order chi connectivity index (χ0) is 9.76. The van der Waals surface area contributed by atoms with E-state index in [4.69, 9.17) is 0 Å². The van der Waals surface area contributed by atoms with Crippen LogP contribution in [0.25, 0.3) is 0 Å². The van der Waals surface area contributed by atoms with E-state index in [0.29, 0.717) is 17.3 Å². The second-order valence-electron chi connectivity index (χ2n) is 5.99.